The number of pyridine rings is 1. The summed E-state index contributed by atoms with van der Waals surface area (Å²) in [5.74, 6) is 0.970. The Balaban J connectivity index is 1.44. The lowest BCUT2D eigenvalue weighted by Crippen LogP contribution is -2.36. The normalized spacial score (nSPS) is 19.4. The number of rotatable bonds is 6. The molecule has 1 saturated carbocycles. The van der Waals surface area contributed by atoms with Gasteiger partial charge >= 0.3 is 11.9 Å². The van der Waals surface area contributed by atoms with E-state index in [0.717, 1.165) is 41.1 Å². The van der Waals surface area contributed by atoms with Crippen molar-refractivity contribution < 1.29 is 18.0 Å². The van der Waals surface area contributed by atoms with Crippen LogP contribution in [0.5, 0.6) is 0 Å². The molecular weight excluding hydrogens is 511 g/mol. The predicted octanol–water partition coefficient (Wildman–Crippen LogP) is 3.79. The second-order valence-electron chi connectivity index (χ2n) is 10.6. The Labute approximate surface area is 221 Å². The number of amides is 1. The predicted molar refractivity (Wildman–Crippen MR) is 136 cm³/mol. The van der Waals surface area contributed by atoms with E-state index in [1.54, 1.807) is 17.4 Å². The maximum Gasteiger partial charge on any atom is 0.418 e. The van der Waals surface area contributed by atoms with Crippen LogP contribution in [0.4, 0.5) is 13.2 Å². The summed E-state index contributed by atoms with van der Waals surface area (Å²) < 4.78 is 46.7. The van der Waals surface area contributed by atoms with Crippen LogP contribution in [-0.2, 0) is 24.6 Å². The quantitative estimate of drug-likeness (QED) is 0.403. The Hall–Kier alpha value is -3.93. The van der Waals surface area contributed by atoms with Gasteiger partial charge in [-0.2, -0.15) is 13.2 Å². The molecule has 39 heavy (non-hydrogen) atoms. The van der Waals surface area contributed by atoms with Crippen molar-refractivity contribution >= 4 is 11.4 Å². The Bertz CT molecular complexity index is 1620. The number of nitrogens with one attached hydrogen (secondary N) is 1. The molecule has 2 aliphatic rings. The molecule has 1 aliphatic heterocycles. The summed E-state index contributed by atoms with van der Waals surface area (Å²) in [7, 11) is 1.89. The van der Waals surface area contributed by atoms with E-state index >= 15 is 0 Å². The first-order chi connectivity index (χ1) is 18.6. The van der Waals surface area contributed by atoms with Crippen LogP contribution >= 0.6 is 0 Å². The fraction of sp³-hybridized carbons (Fsp3) is 0.407. The number of hydrogen-bond acceptors (Lipinski definition) is 5. The number of hydrogen-bond donors (Lipinski definition) is 1. The van der Waals surface area contributed by atoms with Gasteiger partial charge in [0.25, 0.3) is 0 Å². The summed E-state index contributed by atoms with van der Waals surface area (Å²) in [6.45, 7) is 1.86. The van der Waals surface area contributed by atoms with Crippen molar-refractivity contribution in [1.82, 2.24) is 34.2 Å². The molecule has 1 saturated heterocycles. The van der Waals surface area contributed by atoms with Crippen LogP contribution in [0.25, 0.3) is 11.2 Å². The van der Waals surface area contributed by atoms with Gasteiger partial charge in [0.05, 0.1) is 16.8 Å². The molecular formula is C27H28F3N7O2. The fourth-order valence-corrected chi connectivity index (χ4v) is 5.68. The van der Waals surface area contributed by atoms with E-state index in [9.17, 15) is 22.8 Å². The third kappa shape index (κ3) is 4.52. The Morgan fingerprint density at radius 3 is 2.56 bits per heavy atom. The van der Waals surface area contributed by atoms with Gasteiger partial charge in [-0.15, -0.1) is 10.2 Å². The number of fused-ring (bicyclic) bond motifs is 1. The second kappa shape index (κ2) is 9.37. The van der Waals surface area contributed by atoms with Crippen molar-refractivity contribution in [3.8, 4) is 5.69 Å². The van der Waals surface area contributed by atoms with Crippen molar-refractivity contribution in [2.24, 2.45) is 13.0 Å². The van der Waals surface area contributed by atoms with Crippen LogP contribution in [0.15, 0.2) is 53.8 Å². The van der Waals surface area contributed by atoms with Gasteiger partial charge in [0.15, 0.2) is 0 Å². The summed E-state index contributed by atoms with van der Waals surface area (Å²) >= 11 is 0. The highest BCUT2D eigenvalue weighted by Crippen LogP contribution is 2.43. The highest BCUT2D eigenvalue weighted by molar-refractivity contribution is 5.77. The summed E-state index contributed by atoms with van der Waals surface area (Å²) in [5.41, 5.74) is 2.60. The van der Waals surface area contributed by atoms with Gasteiger partial charge in [0.1, 0.15) is 12.2 Å². The molecule has 1 N–H and O–H groups in total. The standard InChI is InChI=1S/C27H28F3N7O2/c1-16-9-23(38)33-37(16)13-17-10-21(27(28,29)30)22-14-35(26(39)36(22)12-17)20-8-4-7-19(11-20)24(18-5-3-6-18)25-32-31-15-34(25)2/h4,7-8,10-12,14-16,18,24H,3,5-6,9,13H2,1-2H3,(H,33,38)/t16-,24-/m1/s1. The lowest BCUT2D eigenvalue weighted by molar-refractivity contribution is -0.136. The van der Waals surface area contributed by atoms with E-state index in [2.05, 4.69) is 15.6 Å². The minimum absolute atomic E-state index is 0.0334. The zero-order valence-electron chi connectivity index (χ0n) is 21.5. The Morgan fingerprint density at radius 2 is 1.95 bits per heavy atom. The monoisotopic (exact) mass is 539 g/mol. The molecule has 4 heterocycles. The molecule has 1 aromatic carbocycles. The van der Waals surface area contributed by atoms with Gasteiger partial charge in [-0.05, 0) is 55.0 Å². The zero-order valence-corrected chi connectivity index (χ0v) is 21.5. The Kier molecular flexibility index (Phi) is 6.09. The van der Waals surface area contributed by atoms with Crippen LogP contribution in [-0.4, -0.2) is 40.7 Å². The number of imidazole rings is 1. The van der Waals surface area contributed by atoms with Crippen LogP contribution in [0.1, 0.15) is 61.0 Å². The van der Waals surface area contributed by atoms with Gasteiger partial charge in [-0.25, -0.2) is 9.80 Å². The molecule has 0 unspecified atom stereocenters. The van der Waals surface area contributed by atoms with Crippen LogP contribution in [0, 0.1) is 5.92 Å². The summed E-state index contributed by atoms with van der Waals surface area (Å²) in [5, 5.41) is 9.96. The van der Waals surface area contributed by atoms with E-state index in [4.69, 9.17) is 0 Å². The average molecular weight is 540 g/mol. The SMILES string of the molecule is C[C@@H]1CC(=O)NN1Cc1cc(C(F)(F)F)c2cn(-c3cccc([C@H](c4nncn4C)C4CCC4)c3)c(=O)n2c1. The molecule has 4 aromatic rings. The number of aryl methyl sites for hydroxylation is 1. The third-order valence-corrected chi connectivity index (χ3v) is 7.92. The van der Waals surface area contributed by atoms with Crippen LogP contribution in [0.3, 0.4) is 0 Å². The van der Waals surface area contributed by atoms with Gasteiger partial charge < -0.3 is 4.57 Å². The van der Waals surface area contributed by atoms with Crippen molar-refractivity contribution in [3.63, 3.8) is 0 Å². The molecule has 0 bridgehead atoms. The molecule has 1 aliphatic carbocycles. The van der Waals surface area contributed by atoms with E-state index in [0.29, 0.717) is 11.6 Å². The number of carbonyl (C=O) groups is 1. The molecule has 0 radical (unpaired) electrons. The molecule has 0 spiro atoms. The minimum Gasteiger partial charge on any atom is -0.320 e. The fourth-order valence-electron chi connectivity index (χ4n) is 5.68. The van der Waals surface area contributed by atoms with Crippen molar-refractivity contribution in [2.75, 3.05) is 0 Å². The van der Waals surface area contributed by atoms with Crippen LogP contribution in [0.2, 0.25) is 0 Å². The largest absolute Gasteiger partial charge is 0.418 e. The third-order valence-electron chi connectivity index (χ3n) is 7.92. The van der Waals surface area contributed by atoms with E-state index < -0.39 is 17.4 Å². The highest BCUT2D eigenvalue weighted by Gasteiger charge is 2.36. The van der Waals surface area contributed by atoms with E-state index in [1.807, 2.05) is 36.7 Å². The average Bonchev–Trinajstić information content (AvgIpc) is 3.52. The molecule has 12 heteroatoms. The van der Waals surface area contributed by atoms with Crippen molar-refractivity contribution in [1.29, 1.82) is 0 Å². The first-order valence-corrected chi connectivity index (χ1v) is 12.9. The molecule has 1 amide bonds. The number of halogens is 3. The van der Waals surface area contributed by atoms with Gasteiger partial charge in [0.2, 0.25) is 5.91 Å². The number of nitrogens with zero attached hydrogens (tertiary/aromatic N) is 6. The van der Waals surface area contributed by atoms with Crippen LogP contribution < -0.4 is 11.1 Å². The zero-order chi connectivity index (χ0) is 27.5. The molecule has 2 fully saturated rings. The van der Waals surface area contributed by atoms with Crippen molar-refractivity contribution in [2.45, 2.75) is 57.3 Å². The molecule has 6 rings (SSSR count). The Morgan fingerprint density at radius 1 is 1.15 bits per heavy atom. The molecule has 2 atom stereocenters. The number of carbonyl (C=O) groups excluding carboxylic acids is 1. The van der Waals surface area contributed by atoms with Gasteiger partial charge in [0, 0.05) is 44.4 Å². The second-order valence-corrected chi connectivity index (χ2v) is 10.6. The summed E-state index contributed by atoms with van der Waals surface area (Å²) in [6.07, 6.45) is 3.12. The van der Waals surface area contributed by atoms with Gasteiger partial charge in [-0.3, -0.25) is 19.2 Å². The summed E-state index contributed by atoms with van der Waals surface area (Å²) in [4.78, 5) is 25.3. The first-order valence-electron chi connectivity index (χ1n) is 12.9. The maximum atomic E-state index is 14.2. The highest BCUT2D eigenvalue weighted by atomic mass is 19.4. The topological polar surface area (TPSA) is 89.5 Å². The number of benzene rings is 1. The van der Waals surface area contributed by atoms with E-state index in [-0.39, 0.29) is 41.9 Å². The smallest absolute Gasteiger partial charge is 0.320 e. The molecule has 3 aromatic heterocycles. The number of alkyl halides is 3. The minimum atomic E-state index is -4.68. The van der Waals surface area contributed by atoms with Gasteiger partial charge in [-0.1, -0.05) is 18.6 Å². The maximum absolute atomic E-state index is 14.2. The lowest BCUT2D eigenvalue weighted by Gasteiger charge is -2.33. The van der Waals surface area contributed by atoms with Crippen molar-refractivity contribution in [3.05, 3.63) is 82.1 Å². The molecule has 204 valence electrons. The first kappa shape index (κ1) is 25.4. The number of aromatic nitrogens is 5. The van der Waals surface area contributed by atoms with E-state index in [1.165, 1.54) is 17.0 Å². The molecule has 9 nitrogen and oxygen atoms in total. The summed E-state index contributed by atoms with van der Waals surface area (Å²) in [6, 6.07) is 8.22. The number of hydrazine groups is 1. The lowest BCUT2D eigenvalue weighted by atomic mass is 9.72.